The summed E-state index contributed by atoms with van der Waals surface area (Å²) < 4.78 is 14.3. The Morgan fingerprint density at radius 3 is 2.94 bits per heavy atom. The van der Waals surface area contributed by atoms with Gasteiger partial charge < -0.3 is 10.6 Å². The zero-order valence-corrected chi connectivity index (χ0v) is 11.1. The van der Waals surface area contributed by atoms with E-state index in [1.807, 2.05) is 11.8 Å². The van der Waals surface area contributed by atoms with E-state index in [1.54, 1.807) is 0 Å². The summed E-state index contributed by atoms with van der Waals surface area (Å²) in [5, 5.41) is 0. The first-order valence-electron chi connectivity index (χ1n) is 6.65. The smallest absolute Gasteiger partial charge is 0.187 e. The molecule has 2 atom stereocenters. The Labute approximate surface area is 107 Å². The summed E-state index contributed by atoms with van der Waals surface area (Å²) in [6.45, 7) is 5.42. The third kappa shape index (κ3) is 2.32. The molecule has 1 fully saturated rings. The number of rotatable bonds is 3. The van der Waals surface area contributed by atoms with Crippen LogP contribution >= 0.6 is 0 Å². The van der Waals surface area contributed by atoms with Crippen LogP contribution in [-0.2, 0) is 6.42 Å². The van der Waals surface area contributed by atoms with Gasteiger partial charge in [-0.25, -0.2) is 14.4 Å². The first-order chi connectivity index (χ1) is 8.69. The maximum Gasteiger partial charge on any atom is 0.187 e. The number of halogens is 1. The van der Waals surface area contributed by atoms with Crippen molar-refractivity contribution in [1.82, 2.24) is 9.97 Å². The Morgan fingerprint density at radius 2 is 2.28 bits per heavy atom. The summed E-state index contributed by atoms with van der Waals surface area (Å²) in [5.74, 6) is 0.611. The SMILES string of the molecule is CCc1ncnc(N2CCCC(C)C2CN)c1F. The summed E-state index contributed by atoms with van der Waals surface area (Å²) in [5.41, 5.74) is 6.32. The van der Waals surface area contributed by atoms with Crippen LogP contribution in [0.5, 0.6) is 0 Å². The van der Waals surface area contributed by atoms with E-state index >= 15 is 0 Å². The van der Waals surface area contributed by atoms with Gasteiger partial charge in [-0.2, -0.15) is 0 Å². The average Bonchev–Trinajstić information content (AvgIpc) is 2.39. The molecule has 0 radical (unpaired) electrons. The van der Waals surface area contributed by atoms with Gasteiger partial charge in [0.15, 0.2) is 11.6 Å². The molecule has 0 bridgehead atoms. The fourth-order valence-corrected chi connectivity index (χ4v) is 2.71. The van der Waals surface area contributed by atoms with Gasteiger partial charge in [-0.3, -0.25) is 0 Å². The highest BCUT2D eigenvalue weighted by Crippen LogP contribution is 2.29. The maximum absolute atomic E-state index is 14.3. The number of hydrogen-bond donors (Lipinski definition) is 1. The number of aromatic nitrogens is 2. The third-order valence-electron chi connectivity index (χ3n) is 3.81. The Balaban J connectivity index is 2.34. The van der Waals surface area contributed by atoms with Gasteiger partial charge >= 0.3 is 0 Å². The van der Waals surface area contributed by atoms with Crippen LogP contribution in [0.25, 0.3) is 0 Å². The summed E-state index contributed by atoms with van der Waals surface area (Å²) in [6, 6.07) is 0.174. The van der Waals surface area contributed by atoms with Gasteiger partial charge in [0.05, 0.1) is 5.69 Å². The molecule has 2 unspecified atom stereocenters. The topological polar surface area (TPSA) is 55.0 Å². The number of piperidine rings is 1. The lowest BCUT2D eigenvalue weighted by atomic mass is 9.91. The number of aryl methyl sites for hydroxylation is 1. The van der Waals surface area contributed by atoms with Crippen molar-refractivity contribution in [3.05, 3.63) is 17.8 Å². The summed E-state index contributed by atoms with van der Waals surface area (Å²) >= 11 is 0. The van der Waals surface area contributed by atoms with Crippen molar-refractivity contribution in [3.63, 3.8) is 0 Å². The highest BCUT2D eigenvalue weighted by Gasteiger charge is 2.30. The Kier molecular flexibility index (Phi) is 4.11. The van der Waals surface area contributed by atoms with E-state index in [9.17, 15) is 4.39 Å². The highest BCUT2D eigenvalue weighted by molar-refractivity contribution is 5.43. The molecule has 2 rings (SSSR count). The van der Waals surface area contributed by atoms with E-state index in [0.717, 1.165) is 19.4 Å². The second kappa shape index (κ2) is 5.61. The van der Waals surface area contributed by atoms with Crippen LogP contribution in [0.4, 0.5) is 10.2 Å². The lowest BCUT2D eigenvalue weighted by molar-refractivity contribution is 0.344. The number of hydrogen-bond acceptors (Lipinski definition) is 4. The minimum absolute atomic E-state index is 0.174. The van der Waals surface area contributed by atoms with Crippen molar-refractivity contribution in [2.24, 2.45) is 11.7 Å². The molecule has 0 aliphatic carbocycles. The zero-order chi connectivity index (χ0) is 13.1. The fraction of sp³-hybridized carbons (Fsp3) is 0.692. The monoisotopic (exact) mass is 252 g/mol. The van der Waals surface area contributed by atoms with E-state index in [1.165, 1.54) is 6.33 Å². The second-order valence-corrected chi connectivity index (χ2v) is 4.93. The lowest BCUT2D eigenvalue weighted by Crippen LogP contribution is -2.49. The minimum atomic E-state index is -0.285. The molecule has 100 valence electrons. The molecule has 0 amide bonds. The Morgan fingerprint density at radius 1 is 1.50 bits per heavy atom. The van der Waals surface area contributed by atoms with E-state index in [-0.39, 0.29) is 11.9 Å². The van der Waals surface area contributed by atoms with E-state index in [4.69, 9.17) is 5.73 Å². The standard InChI is InChI=1S/C13H21FN4/c1-3-10-12(14)13(17-8-16-10)18-6-4-5-9(2)11(18)7-15/h8-9,11H,3-7,15H2,1-2H3. The van der Waals surface area contributed by atoms with Crippen molar-refractivity contribution in [2.45, 2.75) is 39.2 Å². The Hall–Kier alpha value is -1.23. The predicted octanol–water partition coefficient (Wildman–Crippen LogP) is 1.74. The molecule has 5 heteroatoms. The van der Waals surface area contributed by atoms with E-state index < -0.39 is 0 Å². The molecule has 18 heavy (non-hydrogen) atoms. The molecule has 2 N–H and O–H groups in total. The molecule has 1 aliphatic rings. The fourth-order valence-electron chi connectivity index (χ4n) is 2.71. The van der Waals surface area contributed by atoms with Gasteiger partial charge in [0.2, 0.25) is 0 Å². The van der Waals surface area contributed by atoms with Gasteiger partial charge in [0.25, 0.3) is 0 Å². The van der Waals surface area contributed by atoms with Crippen LogP contribution in [0.3, 0.4) is 0 Å². The van der Waals surface area contributed by atoms with Gasteiger partial charge in [0, 0.05) is 19.1 Å². The van der Waals surface area contributed by atoms with Gasteiger partial charge in [-0.05, 0) is 25.2 Å². The quantitative estimate of drug-likeness (QED) is 0.890. The molecular weight excluding hydrogens is 231 g/mol. The third-order valence-corrected chi connectivity index (χ3v) is 3.81. The van der Waals surface area contributed by atoms with Crippen LogP contribution in [0.1, 0.15) is 32.4 Å². The van der Waals surface area contributed by atoms with Crippen LogP contribution < -0.4 is 10.6 Å². The molecule has 1 saturated heterocycles. The van der Waals surface area contributed by atoms with Gasteiger partial charge in [0.1, 0.15) is 6.33 Å². The molecule has 1 aromatic rings. The van der Waals surface area contributed by atoms with Crippen LogP contribution in [0.2, 0.25) is 0 Å². The second-order valence-electron chi connectivity index (χ2n) is 4.93. The largest absolute Gasteiger partial charge is 0.350 e. The van der Waals surface area contributed by atoms with E-state index in [2.05, 4.69) is 16.9 Å². The average molecular weight is 252 g/mol. The van der Waals surface area contributed by atoms with Crippen LogP contribution in [0.15, 0.2) is 6.33 Å². The molecule has 4 nitrogen and oxygen atoms in total. The molecular formula is C13H21FN4. The summed E-state index contributed by atoms with van der Waals surface area (Å²) in [7, 11) is 0. The van der Waals surface area contributed by atoms with Crippen molar-refractivity contribution >= 4 is 5.82 Å². The first kappa shape index (κ1) is 13.2. The predicted molar refractivity (Wildman–Crippen MR) is 70.0 cm³/mol. The summed E-state index contributed by atoms with van der Waals surface area (Å²) in [6.07, 6.45) is 4.23. The molecule has 0 aromatic carbocycles. The molecule has 2 heterocycles. The van der Waals surface area contributed by atoms with Crippen LogP contribution in [0, 0.1) is 11.7 Å². The molecule has 1 aromatic heterocycles. The Bertz CT molecular complexity index is 410. The minimum Gasteiger partial charge on any atom is -0.350 e. The van der Waals surface area contributed by atoms with Crippen molar-refractivity contribution < 1.29 is 4.39 Å². The first-order valence-corrected chi connectivity index (χ1v) is 6.65. The van der Waals surface area contributed by atoms with Crippen molar-refractivity contribution in [1.29, 1.82) is 0 Å². The van der Waals surface area contributed by atoms with Gasteiger partial charge in [-0.15, -0.1) is 0 Å². The lowest BCUT2D eigenvalue weighted by Gasteiger charge is -2.40. The van der Waals surface area contributed by atoms with Crippen LogP contribution in [-0.4, -0.2) is 29.1 Å². The van der Waals surface area contributed by atoms with E-state index in [0.29, 0.717) is 30.4 Å². The highest BCUT2D eigenvalue weighted by atomic mass is 19.1. The number of nitrogens with zero attached hydrogens (tertiary/aromatic N) is 3. The van der Waals surface area contributed by atoms with Crippen molar-refractivity contribution in [2.75, 3.05) is 18.0 Å². The molecule has 0 saturated carbocycles. The number of anilines is 1. The zero-order valence-electron chi connectivity index (χ0n) is 11.1. The normalized spacial score (nSPS) is 24.3. The maximum atomic E-state index is 14.3. The van der Waals surface area contributed by atoms with Crippen molar-refractivity contribution in [3.8, 4) is 0 Å². The summed E-state index contributed by atoms with van der Waals surface area (Å²) in [4.78, 5) is 10.1. The number of nitrogens with two attached hydrogens (primary N) is 1. The molecule has 0 spiro atoms. The molecule has 1 aliphatic heterocycles. The van der Waals surface area contributed by atoms with Gasteiger partial charge in [-0.1, -0.05) is 13.8 Å².